The fourth-order valence-electron chi connectivity index (χ4n) is 9.19. The van der Waals surface area contributed by atoms with Crippen LogP contribution in [0.2, 0.25) is 0 Å². The van der Waals surface area contributed by atoms with Crippen LogP contribution in [0, 0.1) is 45.9 Å². The minimum atomic E-state index is -3.30. The molecule has 2 aliphatic rings. The van der Waals surface area contributed by atoms with Gasteiger partial charge in [-0.3, -0.25) is 29.8 Å². The zero-order chi connectivity index (χ0) is 53.0. The molecule has 0 bridgehead atoms. The topological polar surface area (TPSA) is 268 Å². The molecule has 0 aliphatic heterocycles. The van der Waals surface area contributed by atoms with Crippen LogP contribution in [-0.4, -0.2) is 69.0 Å². The molecule has 0 radical (unpaired) electrons. The summed E-state index contributed by atoms with van der Waals surface area (Å²) in [7, 11) is -3.39. The molecule has 6 rings (SSSR count). The van der Waals surface area contributed by atoms with Crippen molar-refractivity contribution in [3.05, 3.63) is 163 Å². The van der Waals surface area contributed by atoms with Crippen LogP contribution in [0.1, 0.15) is 114 Å². The minimum Gasteiger partial charge on any atom is -0.483 e. The molecule has 2 aliphatic carbocycles. The second kappa shape index (κ2) is 25.7. The van der Waals surface area contributed by atoms with Gasteiger partial charge in [-0.05, 0) is 124 Å². The number of aryl methyl sites for hydroxylation is 4. The number of nitro benzene ring substituents is 2. The van der Waals surface area contributed by atoms with Crippen LogP contribution in [0.4, 0.5) is 11.4 Å². The standard InChI is InChI=1S/2C26H33N3O6S.CH4/c2*1-5-7-19(3)16-36(27,33)28-25(30)21-10-12-24(23(15-21)29(31)32)35-17-26(34-4)13-6-8-20-14-18(2)9-11-22(20)26;/h2*5,9-12,14-15,19H,1,6-8,13,16-17H2,2-4H3,(H2,27,28,30,33);1H4/t2*19-,26-,36?;/m00./s1. The first-order valence-corrected chi connectivity index (χ1v) is 27.0. The number of nitrogens with zero attached hydrogens (tertiary/aromatic N) is 4. The lowest BCUT2D eigenvalue weighted by Crippen LogP contribution is -2.39. The van der Waals surface area contributed by atoms with E-state index in [0.29, 0.717) is 25.7 Å². The first-order valence-electron chi connectivity index (χ1n) is 23.5. The maximum Gasteiger partial charge on any atom is 0.311 e. The van der Waals surface area contributed by atoms with E-state index in [4.69, 9.17) is 29.2 Å². The third-order valence-corrected chi connectivity index (χ3v) is 15.8. The number of benzene rings is 4. The van der Waals surface area contributed by atoms with Gasteiger partial charge < -0.3 is 18.9 Å². The van der Waals surface area contributed by atoms with Crippen LogP contribution in [0.25, 0.3) is 0 Å². The third-order valence-electron chi connectivity index (χ3n) is 12.7. The summed E-state index contributed by atoms with van der Waals surface area (Å²) >= 11 is 0. The Kier molecular flexibility index (Phi) is 20.9. The highest BCUT2D eigenvalue weighted by Crippen LogP contribution is 2.42. The van der Waals surface area contributed by atoms with E-state index in [1.165, 1.54) is 35.4 Å². The first-order chi connectivity index (χ1) is 34.0. The smallest absolute Gasteiger partial charge is 0.311 e. The van der Waals surface area contributed by atoms with Crippen LogP contribution < -0.4 is 19.8 Å². The average molecular weight is 1050 g/mol. The van der Waals surface area contributed by atoms with Crippen molar-refractivity contribution in [3.63, 3.8) is 0 Å². The molecule has 0 saturated carbocycles. The van der Waals surface area contributed by atoms with Crippen molar-refractivity contribution in [3.8, 4) is 11.5 Å². The van der Waals surface area contributed by atoms with Gasteiger partial charge in [0, 0.05) is 49.0 Å². The molecule has 2 amide bonds. The van der Waals surface area contributed by atoms with Gasteiger partial charge in [0.15, 0.2) is 11.5 Å². The second-order valence-electron chi connectivity index (χ2n) is 18.6. The largest absolute Gasteiger partial charge is 0.483 e. The molecule has 4 aromatic carbocycles. The van der Waals surface area contributed by atoms with Crippen LogP contribution in [0.3, 0.4) is 0 Å². The number of rotatable bonds is 20. The molecule has 73 heavy (non-hydrogen) atoms. The van der Waals surface area contributed by atoms with Gasteiger partial charge in [-0.1, -0.05) is 81.0 Å². The second-order valence-corrected chi connectivity index (χ2v) is 22.4. The van der Waals surface area contributed by atoms with Crippen molar-refractivity contribution in [1.29, 1.82) is 0 Å². The molecule has 20 heteroatoms. The van der Waals surface area contributed by atoms with Crippen molar-refractivity contribution in [2.75, 3.05) is 38.9 Å². The number of methoxy groups -OCH3 is 2. The van der Waals surface area contributed by atoms with Crippen molar-refractivity contribution in [2.45, 2.75) is 97.7 Å². The van der Waals surface area contributed by atoms with Crippen molar-refractivity contribution in [2.24, 2.45) is 30.8 Å². The van der Waals surface area contributed by atoms with Gasteiger partial charge in [-0.2, -0.15) is 0 Å². The summed E-state index contributed by atoms with van der Waals surface area (Å²) in [6.07, 6.45) is 9.55. The summed E-state index contributed by atoms with van der Waals surface area (Å²) in [5.41, 5.74) is 4.21. The Morgan fingerprint density at radius 3 is 1.38 bits per heavy atom. The lowest BCUT2D eigenvalue weighted by molar-refractivity contribution is -0.386. The summed E-state index contributed by atoms with van der Waals surface area (Å²) in [5, 5.41) is 35.1. The SMILES string of the molecule is C.C=CC[C@H](C)CS(N)(=O)=NC(=O)c1ccc(OC[C@@]2(OC)CCCc3cc(C)ccc32)c([N+](=O)[O-])c1.C=CC[C@H](C)CS(N)(=O)=NC(=O)c1ccc(OC[C@@]2(OC)CCCc3cc(C)ccc32)c([N+](=O)[O-])c1. The number of nitrogens with two attached hydrogens (primary N) is 2. The van der Waals surface area contributed by atoms with Gasteiger partial charge in [0.05, 0.1) is 9.85 Å². The first kappa shape index (κ1) is 59.4. The van der Waals surface area contributed by atoms with Gasteiger partial charge in [-0.25, -0.2) is 18.7 Å². The number of hydrogen-bond donors (Lipinski definition) is 2. The zero-order valence-electron chi connectivity index (χ0n) is 41.8. The summed E-state index contributed by atoms with van der Waals surface area (Å²) in [6.45, 7) is 15.1. The normalized spacial score (nSPS) is 19.2. The fraction of sp³-hybridized carbons (Fsp3) is 0.434. The predicted octanol–water partition coefficient (Wildman–Crippen LogP) is 10.3. The van der Waals surface area contributed by atoms with E-state index >= 15 is 0 Å². The number of allylic oxidation sites excluding steroid dienone is 2. The Morgan fingerprint density at radius 1 is 0.685 bits per heavy atom. The molecular weight excluding hydrogens is 977 g/mol. The van der Waals surface area contributed by atoms with Crippen molar-refractivity contribution in [1.82, 2.24) is 0 Å². The Hall–Kier alpha value is -6.16. The van der Waals surface area contributed by atoms with Crippen LogP contribution in [0.5, 0.6) is 11.5 Å². The molecular formula is C53H70N6O12S2. The highest BCUT2D eigenvalue weighted by molar-refractivity contribution is 7.92. The molecule has 18 nitrogen and oxygen atoms in total. The zero-order valence-corrected chi connectivity index (χ0v) is 43.4. The van der Waals surface area contributed by atoms with E-state index in [1.54, 1.807) is 26.4 Å². The van der Waals surface area contributed by atoms with Crippen LogP contribution in [0.15, 0.2) is 107 Å². The fourth-order valence-corrected chi connectivity index (χ4v) is 12.0. The molecule has 0 spiro atoms. The van der Waals surface area contributed by atoms with E-state index < -0.39 is 64.1 Å². The number of ether oxygens (including phenoxy) is 4. The molecule has 4 aromatic rings. The van der Waals surface area contributed by atoms with E-state index in [-0.39, 0.29) is 66.6 Å². The van der Waals surface area contributed by atoms with Crippen molar-refractivity contribution < 1.29 is 46.8 Å². The molecule has 2 unspecified atom stereocenters. The Labute approximate surface area is 429 Å². The highest BCUT2D eigenvalue weighted by Gasteiger charge is 2.40. The molecule has 6 atom stereocenters. The number of carbonyl (C=O) groups excluding carboxylic acids is 2. The van der Waals surface area contributed by atoms with E-state index in [9.17, 15) is 38.2 Å². The molecule has 0 saturated heterocycles. The Balaban J connectivity index is 0.000000312. The number of nitro groups is 2. The average Bonchev–Trinajstić information content (AvgIpc) is 3.31. The number of carbonyl (C=O) groups is 2. The summed E-state index contributed by atoms with van der Waals surface area (Å²) < 4.78 is 56.2. The summed E-state index contributed by atoms with van der Waals surface area (Å²) in [5.74, 6) is -1.91. The van der Waals surface area contributed by atoms with Crippen LogP contribution in [-0.2, 0) is 53.3 Å². The van der Waals surface area contributed by atoms with Gasteiger partial charge in [0.2, 0.25) is 0 Å². The van der Waals surface area contributed by atoms with E-state index in [1.807, 2.05) is 52.0 Å². The van der Waals surface area contributed by atoms with Gasteiger partial charge in [0.1, 0.15) is 44.2 Å². The highest BCUT2D eigenvalue weighted by atomic mass is 32.2. The maximum atomic E-state index is 12.6. The Morgan fingerprint density at radius 2 is 1.05 bits per heavy atom. The van der Waals surface area contributed by atoms with Crippen LogP contribution >= 0.6 is 0 Å². The molecule has 0 heterocycles. The Bertz CT molecular complexity index is 2770. The quantitative estimate of drug-likeness (QED) is 0.0475. The maximum absolute atomic E-state index is 12.6. The monoisotopic (exact) mass is 1050 g/mol. The van der Waals surface area contributed by atoms with E-state index in [0.717, 1.165) is 60.1 Å². The molecule has 396 valence electrons. The van der Waals surface area contributed by atoms with Gasteiger partial charge in [0.25, 0.3) is 11.8 Å². The number of hydrogen-bond acceptors (Lipinski definition) is 12. The summed E-state index contributed by atoms with van der Waals surface area (Å²) in [6, 6.07) is 19.9. The number of amides is 2. The van der Waals surface area contributed by atoms with Crippen molar-refractivity contribution >= 4 is 43.0 Å². The summed E-state index contributed by atoms with van der Waals surface area (Å²) in [4.78, 5) is 47.6. The number of fused-ring (bicyclic) bond motifs is 2. The van der Waals surface area contributed by atoms with Gasteiger partial charge in [-0.15, -0.1) is 21.9 Å². The molecule has 4 N–H and O–H groups in total. The minimum absolute atomic E-state index is 0. The third kappa shape index (κ3) is 15.4. The lowest BCUT2D eigenvalue weighted by Gasteiger charge is -2.37. The van der Waals surface area contributed by atoms with E-state index in [2.05, 4.69) is 34.0 Å². The molecule has 0 fully saturated rings. The van der Waals surface area contributed by atoms with Gasteiger partial charge >= 0.3 is 11.4 Å². The molecule has 0 aromatic heterocycles. The lowest BCUT2D eigenvalue weighted by atomic mass is 9.79. The predicted molar refractivity (Wildman–Crippen MR) is 285 cm³/mol.